The van der Waals surface area contributed by atoms with Crippen LogP contribution in [0.2, 0.25) is 0 Å². The van der Waals surface area contributed by atoms with Gasteiger partial charge in [0.1, 0.15) is 0 Å². The number of halogens is 10. The lowest BCUT2D eigenvalue weighted by molar-refractivity contribution is -0.237. The highest BCUT2D eigenvalue weighted by Crippen LogP contribution is 2.99. The van der Waals surface area contributed by atoms with Crippen molar-refractivity contribution in [2.24, 2.45) is 0 Å². The van der Waals surface area contributed by atoms with Gasteiger partial charge in [-0.25, -0.2) is 0 Å². The summed E-state index contributed by atoms with van der Waals surface area (Å²) in [5.41, 5.74) is 0. The molecule has 0 aromatic rings. The van der Waals surface area contributed by atoms with E-state index in [4.69, 9.17) is 0 Å². The molecular formula is CF10S. The number of hydrogen-bond acceptors (Lipinski definition) is 0. The summed E-state index contributed by atoms with van der Waals surface area (Å²) in [5.74, 6) is 0. The first kappa shape index (κ1) is 14.2. The van der Waals surface area contributed by atoms with Crippen LogP contribution in [0.1, 0.15) is 0 Å². The van der Waals surface area contributed by atoms with Gasteiger partial charge in [0.2, 0.25) is 0 Å². The second-order valence-electron chi connectivity index (χ2n) is 1.30. The third-order valence-electron chi connectivity index (χ3n) is 0. The summed E-state index contributed by atoms with van der Waals surface area (Å²) in [6.07, 6.45) is -5.50. The van der Waals surface area contributed by atoms with E-state index in [-0.39, 0.29) is 0 Å². The number of hydrogen-bond donors (Lipinski definition) is 0. The van der Waals surface area contributed by atoms with E-state index in [9.17, 15) is 40.9 Å². The Balaban J connectivity index is 0. The van der Waals surface area contributed by atoms with Crippen LogP contribution >= 0.6 is 10.6 Å². The zero-order valence-corrected chi connectivity index (χ0v) is 5.50. The van der Waals surface area contributed by atoms with Crippen molar-refractivity contribution in [3.8, 4) is 0 Å². The second kappa shape index (κ2) is 2.33. The van der Waals surface area contributed by atoms with E-state index in [0.29, 0.717) is 0 Å². The molecule has 0 saturated carbocycles. The normalized spacial score (nSPS) is 18.5. The summed E-state index contributed by atoms with van der Waals surface area (Å²) in [5, 5.41) is 0. The maximum atomic E-state index is 9.85. The van der Waals surface area contributed by atoms with Crippen molar-refractivity contribution in [1.29, 1.82) is 0 Å². The van der Waals surface area contributed by atoms with Gasteiger partial charge >= 0.3 is 17.0 Å². The van der Waals surface area contributed by atoms with E-state index in [0.717, 1.165) is 0 Å². The first-order valence-electron chi connectivity index (χ1n) is 1.68. The lowest BCUT2D eigenvalue weighted by Crippen LogP contribution is -1.92. The van der Waals surface area contributed by atoms with Crippen LogP contribution in [0.15, 0.2) is 0 Å². The Bertz CT molecular complexity index is 120. The Labute approximate surface area is 59.2 Å². The molecule has 0 rings (SSSR count). The van der Waals surface area contributed by atoms with Crippen LogP contribution in [-0.4, -0.2) is 6.43 Å². The summed E-state index contributed by atoms with van der Waals surface area (Å²) < 4.78 is 97.8. The van der Waals surface area contributed by atoms with Gasteiger partial charge < -0.3 is 0 Å². The van der Waals surface area contributed by atoms with Gasteiger partial charge in [0.15, 0.2) is 0 Å². The van der Waals surface area contributed by atoms with Gasteiger partial charge in [-0.1, -0.05) is 23.3 Å². The van der Waals surface area contributed by atoms with Crippen LogP contribution < -0.4 is 0 Å². The third kappa shape index (κ3) is 5890. The largest absolute Gasteiger partial charge is 0.559 e. The van der Waals surface area contributed by atoms with Gasteiger partial charge in [0, 0.05) is 0 Å². The Hall–Kier alpha value is -0.350. The fourth-order valence-corrected chi connectivity index (χ4v) is 0. The first-order valence-corrected chi connectivity index (χ1v) is 3.53. The standard InChI is InChI=1S/CF4.F6S/c2-1(3,4)5;1-7(2,3,4,5)6. The van der Waals surface area contributed by atoms with E-state index < -0.39 is 17.0 Å². The second-order valence-corrected chi connectivity index (χ2v) is 3.05. The lowest BCUT2D eigenvalue weighted by atomic mass is 11.5. The summed E-state index contributed by atoms with van der Waals surface area (Å²) in [6.45, 7) is 0. The Morgan fingerprint density at radius 3 is 0.583 bits per heavy atom. The molecule has 0 nitrogen and oxygen atoms in total. The minimum atomic E-state index is -10.5. The van der Waals surface area contributed by atoms with Crippen molar-refractivity contribution < 1.29 is 40.9 Å². The molecular weight excluding hydrogens is 234 g/mol. The summed E-state index contributed by atoms with van der Waals surface area (Å²) in [6, 6.07) is 0. The van der Waals surface area contributed by atoms with E-state index in [1.54, 1.807) is 0 Å². The zero-order chi connectivity index (χ0) is 10.9. The Morgan fingerprint density at radius 2 is 0.583 bits per heavy atom. The van der Waals surface area contributed by atoms with E-state index >= 15 is 0 Å². The van der Waals surface area contributed by atoms with Gasteiger partial charge in [-0.3, -0.25) is 0 Å². The fraction of sp³-hybridized carbons (Fsp3) is 1.00. The van der Waals surface area contributed by atoms with Crippen LogP contribution in [0.5, 0.6) is 0 Å². The molecule has 0 heterocycles. The van der Waals surface area contributed by atoms with Crippen molar-refractivity contribution in [3.05, 3.63) is 0 Å². The molecule has 0 amide bonds. The highest BCUT2D eigenvalue weighted by atomic mass is 32.5. The molecule has 0 bridgehead atoms. The third-order valence-corrected chi connectivity index (χ3v) is 0. The molecule has 11 heteroatoms. The molecule has 0 fully saturated rings. The molecule has 0 aliphatic heterocycles. The van der Waals surface area contributed by atoms with Crippen molar-refractivity contribution in [3.63, 3.8) is 0 Å². The van der Waals surface area contributed by atoms with Crippen LogP contribution in [0, 0.1) is 0 Å². The quantitative estimate of drug-likeness (QED) is 0.535. The van der Waals surface area contributed by atoms with Crippen molar-refractivity contribution in [2.45, 2.75) is 6.43 Å². The zero-order valence-electron chi connectivity index (χ0n) is 4.69. The smallest absolute Gasteiger partial charge is 0.140 e. The molecule has 0 N–H and O–H groups in total. The van der Waals surface area contributed by atoms with Gasteiger partial charge in [0.25, 0.3) is 0 Å². The topological polar surface area (TPSA) is 0 Å². The van der Waals surface area contributed by atoms with Crippen LogP contribution in [0.4, 0.5) is 40.9 Å². The molecule has 0 saturated heterocycles. The van der Waals surface area contributed by atoms with Crippen molar-refractivity contribution in [2.75, 3.05) is 0 Å². The molecule has 0 spiro atoms. The Kier molecular flexibility index (Phi) is 2.75. The van der Waals surface area contributed by atoms with Crippen molar-refractivity contribution >= 4 is 10.6 Å². The average molecular weight is 234 g/mol. The maximum absolute atomic E-state index is 10.5. The van der Waals surface area contributed by atoms with Crippen LogP contribution in [0.25, 0.3) is 0 Å². The minimum absolute atomic E-state index is 5.50. The van der Waals surface area contributed by atoms with Gasteiger partial charge in [-0.05, 0) is 0 Å². The summed E-state index contributed by atoms with van der Waals surface area (Å²) in [4.78, 5) is 0. The first-order chi connectivity index (χ1) is 4.45. The van der Waals surface area contributed by atoms with Gasteiger partial charge in [-0.15, -0.1) is 17.6 Å². The predicted octanol–water partition coefficient (Wildman–Crippen LogP) is 4.65. The van der Waals surface area contributed by atoms with Crippen molar-refractivity contribution in [1.82, 2.24) is 0 Å². The van der Waals surface area contributed by atoms with Crippen LogP contribution in [0.3, 0.4) is 0 Å². The molecule has 0 aliphatic carbocycles. The van der Waals surface area contributed by atoms with Gasteiger partial charge in [0.05, 0.1) is 0 Å². The fourth-order valence-electron chi connectivity index (χ4n) is 0. The molecule has 0 radical (unpaired) electrons. The van der Waals surface area contributed by atoms with E-state index in [1.807, 2.05) is 0 Å². The SMILES string of the molecule is FC(F)(F)F.FS(F)(F)(F)(F)F. The monoisotopic (exact) mass is 234 g/mol. The summed E-state index contributed by atoms with van der Waals surface area (Å²) >= 11 is 0. The molecule has 0 aliphatic rings. The van der Waals surface area contributed by atoms with Crippen LogP contribution in [-0.2, 0) is 0 Å². The molecule has 0 unspecified atom stereocenters. The number of alkyl halides is 4. The predicted molar refractivity (Wildman–Crippen MR) is 21.4 cm³/mol. The minimum Gasteiger partial charge on any atom is -0.140 e. The molecule has 80 valence electrons. The lowest BCUT2D eigenvalue weighted by Gasteiger charge is -2.28. The molecule has 0 aromatic heterocycles. The van der Waals surface area contributed by atoms with E-state index in [2.05, 4.69) is 0 Å². The number of rotatable bonds is 0. The van der Waals surface area contributed by atoms with Gasteiger partial charge in [-0.2, -0.15) is 0 Å². The molecule has 12 heavy (non-hydrogen) atoms. The Morgan fingerprint density at radius 1 is 0.583 bits per heavy atom. The van der Waals surface area contributed by atoms with E-state index in [1.165, 1.54) is 0 Å². The highest BCUT2D eigenvalue weighted by molar-refractivity contribution is 8.41. The molecule has 0 aromatic carbocycles. The average Bonchev–Trinajstić information content (AvgIpc) is 1.04. The highest BCUT2D eigenvalue weighted by Gasteiger charge is 2.64. The molecule has 0 atom stereocenters. The summed E-state index contributed by atoms with van der Waals surface area (Å²) in [7, 11) is -10.5. The maximum Gasteiger partial charge on any atom is 0.559 e.